The van der Waals surface area contributed by atoms with E-state index in [0.29, 0.717) is 5.75 Å². The summed E-state index contributed by atoms with van der Waals surface area (Å²) >= 11 is 4.81. The van der Waals surface area contributed by atoms with Crippen LogP contribution in [0.25, 0.3) is 0 Å². The average Bonchev–Trinajstić information content (AvgIpc) is 2.17. The Balaban J connectivity index is 2.95. The molecule has 0 radical (unpaired) electrons. The lowest BCUT2D eigenvalue weighted by atomic mass is 10.1. The van der Waals surface area contributed by atoms with Gasteiger partial charge in [-0.3, -0.25) is 0 Å². The number of thiocarbonyl (C=S) groups is 1. The highest BCUT2D eigenvalue weighted by Gasteiger charge is 2.14. The fraction of sp³-hybridized carbons (Fsp3) is 0.417. The number of rotatable bonds is 5. The van der Waals surface area contributed by atoms with Crippen LogP contribution in [-0.4, -0.2) is 11.1 Å². The van der Waals surface area contributed by atoms with Gasteiger partial charge in [0, 0.05) is 0 Å². The first-order valence-corrected chi connectivity index (χ1v) is 5.72. The van der Waals surface area contributed by atoms with E-state index in [4.69, 9.17) is 22.7 Å². The van der Waals surface area contributed by atoms with Crippen LogP contribution in [0.3, 0.4) is 0 Å². The highest BCUT2D eigenvalue weighted by molar-refractivity contribution is 7.80. The van der Waals surface area contributed by atoms with Gasteiger partial charge < -0.3 is 10.5 Å². The summed E-state index contributed by atoms with van der Waals surface area (Å²) in [6.07, 6.45) is 1.95. The minimum Gasteiger partial charge on any atom is -0.490 e. The fourth-order valence-corrected chi connectivity index (χ4v) is 1.72. The summed E-state index contributed by atoms with van der Waals surface area (Å²) in [5.41, 5.74) is 5.67. The first-order chi connectivity index (χ1) is 7.56. The van der Waals surface area contributed by atoms with Crippen LogP contribution >= 0.6 is 12.2 Å². The molecule has 0 amide bonds. The maximum atomic E-state index is 13.5. The Labute approximate surface area is 101 Å². The van der Waals surface area contributed by atoms with E-state index >= 15 is 0 Å². The van der Waals surface area contributed by atoms with Crippen LogP contribution in [0.2, 0.25) is 0 Å². The summed E-state index contributed by atoms with van der Waals surface area (Å²) in [6, 6.07) is 4.60. The van der Waals surface area contributed by atoms with E-state index in [1.54, 1.807) is 12.1 Å². The number of hydrogen-bond donors (Lipinski definition) is 1. The third kappa shape index (κ3) is 3.17. The Hall–Kier alpha value is -1.16. The van der Waals surface area contributed by atoms with Gasteiger partial charge in [0.1, 0.15) is 16.6 Å². The minimum absolute atomic E-state index is 0.0248. The second kappa shape index (κ2) is 5.80. The van der Waals surface area contributed by atoms with E-state index in [0.717, 1.165) is 12.8 Å². The lowest BCUT2D eigenvalue weighted by Crippen LogP contribution is -2.17. The summed E-state index contributed by atoms with van der Waals surface area (Å²) in [5.74, 6) is -0.0119. The van der Waals surface area contributed by atoms with E-state index < -0.39 is 5.82 Å². The van der Waals surface area contributed by atoms with Gasteiger partial charge in [0.2, 0.25) is 0 Å². The Morgan fingerprint density at radius 1 is 1.56 bits per heavy atom. The van der Waals surface area contributed by atoms with Crippen molar-refractivity contribution in [2.75, 3.05) is 0 Å². The summed E-state index contributed by atoms with van der Waals surface area (Å²) in [5, 5.41) is 0. The van der Waals surface area contributed by atoms with Crippen LogP contribution in [-0.2, 0) is 0 Å². The fourth-order valence-electron chi connectivity index (χ4n) is 1.52. The van der Waals surface area contributed by atoms with Gasteiger partial charge >= 0.3 is 0 Å². The van der Waals surface area contributed by atoms with E-state index in [1.807, 2.05) is 6.92 Å². The molecule has 1 unspecified atom stereocenters. The Morgan fingerprint density at radius 3 is 2.81 bits per heavy atom. The quantitative estimate of drug-likeness (QED) is 0.805. The molecule has 0 saturated heterocycles. The largest absolute Gasteiger partial charge is 0.490 e. The molecule has 0 aliphatic rings. The van der Waals surface area contributed by atoms with Crippen molar-refractivity contribution in [2.24, 2.45) is 5.73 Å². The first kappa shape index (κ1) is 12.9. The number of ether oxygens (including phenoxy) is 1. The smallest absolute Gasteiger partial charge is 0.137 e. The molecule has 2 N–H and O–H groups in total. The van der Waals surface area contributed by atoms with Gasteiger partial charge in [-0.05, 0) is 25.5 Å². The van der Waals surface area contributed by atoms with Crippen LogP contribution in [0.4, 0.5) is 4.39 Å². The van der Waals surface area contributed by atoms with Crippen molar-refractivity contribution >= 4 is 17.2 Å². The molecule has 16 heavy (non-hydrogen) atoms. The zero-order valence-electron chi connectivity index (χ0n) is 9.50. The van der Waals surface area contributed by atoms with E-state index in [1.165, 1.54) is 6.07 Å². The molecule has 0 heterocycles. The molecule has 1 atom stereocenters. The maximum absolute atomic E-state index is 13.5. The predicted molar refractivity (Wildman–Crippen MR) is 67.3 cm³/mol. The highest BCUT2D eigenvalue weighted by atomic mass is 32.1. The summed E-state index contributed by atoms with van der Waals surface area (Å²) in [4.78, 5) is 0.0248. The molecule has 88 valence electrons. The van der Waals surface area contributed by atoms with E-state index in [-0.39, 0.29) is 16.7 Å². The number of benzene rings is 1. The van der Waals surface area contributed by atoms with E-state index in [9.17, 15) is 4.39 Å². The van der Waals surface area contributed by atoms with Crippen LogP contribution in [0, 0.1) is 5.82 Å². The van der Waals surface area contributed by atoms with Crippen molar-refractivity contribution in [3.05, 3.63) is 29.6 Å². The molecule has 0 aliphatic heterocycles. The van der Waals surface area contributed by atoms with Crippen molar-refractivity contribution in [2.45, 2.75) is 32.8 Å². The van der Waals surface area contributed by atoms with Crippen molar-refractivity contribution < 1.29 is 9.13 Å². The van der Waals surface area contributed by atoms with Crippen molar-refractivity contribution in [1.29, 1.82) is 0 Å². The molecule has 0 saturated carbocycles. The third-order valence-corrected chi connectivity index (χ3v) is 2.45. The molecule has 4 heteroatoms. The molecule has 0 fully saturated rings. The lowest BCUT2D eigenvalue weighted by Gasteiger charge is -2.16. The zero-order valence-corrected chi connectivity index (χ0v) is 10.3. The summed E-state index contributed by atoms with van der Waals surface area (Å²) in [6.45, 7) is 4.01. The van der Waals surface area contributed by atoms with Gasteiger partial charge in [0.25, 0.3) is 0 Å². The highest BCUT2D eigenvalue weighted by Crippen LogP contribution is 2.23. The SMILES string of the molecule is CCCC(C)Oc1cccc(F)c1C(N)=S. The second-order valence-electron chi connectivity index (χ2n) is 3.69. The molecule has 0 bridgehead atoms. The number of halogens is 1. The monoisotopic (exact) mass is 241 g/mol. The molecule has 1 rings (SSSR count). The number of hydrogen-bond acceptors (Lipinski definition) is 2. The molecule has 0 aliphatic carbocycles. The molecular formula is C12H16FNOS. The third-order valence-electron chi connectivity index (χ3n) is 2.25. The van der Waals surface area contributed by atoms with Crippen LogP contribution < -0.4 is 10.5 Å². The second-order valence-corrected chi connectivity index (χ2v) is 4.13. The molecule has 1 aromatic carbocycles. The minimum atomic E-state index is -0.436. The van der Waals surface area contributed by atoms with Crippen molar-refractivity contribution in [3.63, 3.8) is 0 Å². The molecule has 1 aromatic rings. The van der Waals surface area contributed by atoms with Gasteiger partial charge in [-0.2, -0.15) is 0 Å². The Kier molecular flexibility index (Phi) is 4.68. The summed E-state index contributed by atoms with van der Waals surface area (Å²) < 4.78 is 19.1. The first-order valence-electron chi connectivity index (χ1n) is 5.31. The lowest BCUT2D eigenvalue weighted by molar-refractivity contribution is 0.209. The van der Waals surface area contributed by atoms with Gasteiger partial charge in [0.05, 0.1) is 11.7 Å². The van der Waals surface area contributed by atoms with Gasteiger partial charge in [-0.15, -0.1) is 0 Å². The van der Waals surface area contributed by atoms with Crippen molar-refractivity contribution in [1.82, 2.24) is 0 Å². The Bertz CT molecular complexity index is 381. The normalized spacial score (nSPS) is 12.2. The molecular weight excluding hydrogens is 225 g/mol. The summed E-state index contributed by atoms with van der Waals surface area (Å²) in [7, 11) is 0. The Morgan fingerprint density at radius 2 is 2.25 bits per heavy atom. The van der Waals surface area contributed by atoms with Crippen molar-refractivity contribution in [3.8, 4) is 5.75 Å². The van der Waals surface area contributed by atoms with Crippen LogP contribution in [0.5, 0.6) is 5.75 Å². The van der Waals surface area contributed by atoms with Crippen LogP contribution in [0.1, 0.15) is 32.3 Å². The van der Waals surface area contributed by atoms with Gasteiger partial charge in [-0.25, -0.2) is 4.39 Å². The van der Waals surface area contributed by atoms with Crippen LogP contribution in [0.15, 0.2) is 18.2 Å². The molecule has 0 spiro atoms. The topological polar surface area (TPSA) is 35.2 Å². The average molecular weight is 241 g/mol. The number of nitrogens with two attached hydrogens (primary N) is 1. The zero-order chi connectivity index (χ0) is 12.1. The standard InChI is InChI=1S/C12H16FNOS/c1-3-5-8(2)15-10-7-4-6-9(13)11(10)12(14)16/h4,6-8H,3,5H2,1-2H3,(H2,14,16). The predicted octanol–water partition coefficient (Wildman–Crippen LogP) is 3.03. The van der Waals surface area contributed by atoms with Gasteiger partial charge in [0.15, 0.2) is 0 Å². The van der Waals surface area contributed by atoms with E-state index in [2.05, 4.69) is 6.92 Å². The molecule has 0 aromatic heterocycles. The van der Waals surface area contributed by atoms with Gasteiger partial charge in [-0.1, -0.05) is 31.6 Å². The maximum Gasteiger partial charge on any atom is 0.137 e. The molecule has 2 nitrogen and oxygen atoms in total.